The van der Waals surface area contributed by atoms with Gasteiger partial charge in [-0.25, -0.2) is 0 Å². The second-order valence-electron chi connectivity index (χ2n) is 4.14. The largest absolute Gasteiger partial charge is 0.392 e. The zero-order valence-corrected chi connectivity index (χ0v) is 9.67. The Morgan fingerprint density at radius 1 is 1.43 bits per heavy atom. The lowest BCUT2D eigenvalue weighted by Crippen LogP contribution is -2.27. The topological polar surface area (TPSA) is 49.7 Å². The molecular formula is C10H20O3S. The van der Waals surface area contributed by atoms with Crippen molar-refractivity contribution in [2.75, 3.05) is 18.1 Å². The number of hydrogen-bond acceptors (Lipinski definition) is 4. The summed E-state index contributed by atoms with van der Waals surface area (Å²) >= 11 is 1.75. The Hall–Kier alpha value is 0.230. The zero-order chi connectivity index (χ0) is 10.6. The summed E-state index contributed by atoms with van der Waals surface area (Å²) in [5.41, 5.74) is 0. The zero-order valence-electron chi connectivity index (χ0n) is 8.85. The molecule has 1 fully saturated rings. The van der Waals surface area contributed by atoms with Crippen LogP contribution in [0.2, 0.25) is 0 Å². The summed E-state index contributed by atoms with van der Waals surface area (Å²) in [4.78, 5) is 0. The van der Waals surface area contributed by atoms with Crippen molar-refractivity contribution in [2.24, 2.45) is 5.92 Å². The molecule has 1 heterocycles. The van der Waals surface area contributed by atoms with Crippen LogP contribution < -0.4 is 0 Å². The smallest absolute Gasteiger partial charge is 0.0777 e. The van der Waals surface area contributed by atoms with Gasteiger partial charge in [0.15, 0.2) is 0 Å². The van der Waals surface area contributed by atoms with Crippen LogP contribution in [0.5, 0.6) is 0 Å². The van der Waals surface area contributed by atoms with Gasteiger partial charge in [-0.15, -0.1) is 0 Å². The SMILES string of the molecule is CC(C)OCC(O)CC1CSCC1O. The van der Waals surface area contributed by atoms with Crippen LogP contribution in [0.15, 0.2) is 0 Å². The molecule has 3 atom stereocenters. The minimum absolute atomic E-state index is 0.160. The summed E-state index contributed by atoms with van der Waals surface area (Å²) < 4.78 is 5.31. The molecule has 4 heteroatoms. The molecule has 0 saturated carbocycles. The molecule has 1 aliphatic heterocycles. The second kappa shape index (κ2) is 5.95. The van der Waals surface area contributed by atoms with Gasteiger partial charge in [0.2, 0.25) is 0 Å². The fourth-order valence-electron chi connectivity index (χ4n) is 1.53. The second-order valence-corrected chi connectivity index (χ2v) is 5.21. The molecule has 0 aromatic carbocycles. The van der Waals surface area contributed by atoms with E-state index in [1.165, 1.54) is 0 Å². The highest BCUT2D eigenvalue weighted by molar-refractivity contribution is 7.99. The molecule has 3 unspecified atom stereocenters. The Morgan fingerprint density at radius 2 is 2.14 bits per heavy atom. The van der Waals surface area contributed by atoms with Crippen LogP contribution in [0.4, 0.5) is 0 Å². The van der Waals surface area contributed by atoms with Crippen LogP contribution >= 0.6 is 11.8 Å². The van der Waals surface area contributed by atoms with Crippen molar-refractivity contribution < 1.29 is 14.9 Å². The highest BCUT2D eigenvalue weighted by Gasteiger charge is 2.27. The standard InChI is InChI=1S/C10H20O3S/c1-7(2)13-4-9(11)3-8-5-14-6-10(8)12/h7-12H,3-6H2,1-2H3. The molecular weight excluding hydrogens is 200 g/mol. The molecule has 1 aliphatic rings. The number of aliphatic hydroxyl groups excluding tert-OH is 2. The fraction of sp³-hybridized carbons (Fsp3) is 1.00. The van der Waals surface area contributed by atoms with E-state index in [1.54, 1.807) is 11.8 Å². The van der Waals surface area contributed by atoms with Crippen LogP contribution in [-0.2, 0) is 4.74 Å². The maximum Gasteiger partial charge on any atom is 0.0777 e. The average Bonchev–Trinajstić information content (AvgIpc) is 2.49. The Morgan fingerprint density at radius 3 is 2.64 bits per heavy atom. The minimum atomic E-state index is -0.434. The molecule has 0 amide bonds. The van der Waals surface area contributed by atoms with Crippen LogP contribution in [0.25, 0.3) is 0 Å². The highest BCUT2D eigenvalue weighted by atomic mass is 32.2. The van der Waals surface area contributed by atoms with E-state index in [9.17, 15) is 10.2 Å². The molecule has 2 N–H and O–H groups in total. The summed E-state index contributed by atoms with van der Waals surface area (Å²) in [6.45, 7) is 4.28. The van der Waals surface area contributed by atoms with Crippen molar-refractivity contribution in [3.05, 3.63) is 0 Å². The first kappa shape index (κ1) is 12.3. The Bertz CT molecular complexity index is 163. The van der Waals surface area contributed by atoms with Gasteiger partial charge in [-0.05, 0) is 31.9 Å². The van der Waals surface area contributed by atoms with Gasteiger partial charge in [-0.2, -0.15) is 11.8 Å². The van der Waals surface area contributed by atoms with E-state index < -0.39 is 6.10 Å². The first-order valence-corrected chi connectivity index (χ1v) is 6.30. The monoisotopic (exact) mass is 220 g/mol. The van der Waals surface area contributed by atoms with Gasteiger partial charge in [0, 0.05) is 5.75 Å². The Kier molecular flexibility index (Phi) is 5.23. The summed E-state index contributed by atoms with van der Waals surface area (Å²) in [6, 6.07) is 0. The summed E-state index contributed by atoms with van der Waals surface area (Å²) in [7, 11) is 0. The van der Waals surface area contributed by atoms with Crippen molar-refractivity contribution in [1.29, 1.82) is 0 Å². The molecule has 1 saturated heterocycles. The third-order valence-electron chi connectivity index (χ3n) is 2.36. The molecule has 84 valence electrons. The van der Waals surface area contributed by atoms with E-state index in [-0.39, 0.29) is 18.1 Å². The van der Waals surface area contributed by atoms with E-state index in [1.807, 2.05) is 13.8 Å². The van der Waals surface area contributed by atoms with Crippen molar-refractivity contribution >= 4 is 11.8 Å². The predicted octanol–water partition coefficient (Wildman–Crippen LogP) is 0.886. The van der Waals surface area contributed by atoms with Gasteiger partial charge < -0.3 is 14.9 Å². The molecule has 0 radical (unpaired) electrons. The number of ether oxygens (including phenoxy) is 1. The van der Waals surface area contributed by atoms with Crippen molar-refractivity contribution in [3.8, 4) is 0 Å². The number of hydrogen-bond donors (Lipinski definition) is 2. The van der Waals surface area contributed by atoms with Crippen molar-refractivity contribution in [1.82, 2.24) is 0 Å². The van der Waals surface area contributed by atoms with Crippen LogP contribution in [0.1, 0.15) is 20.3 Å². The van der Waals surface area contributed by atoms with E-state index >= 15 is 0 Å². The van der Waals surface area contributed by atoms with Gasteiger partial charge in [0.25, 0.3) is 0 Å². The number of aliphatic hydroxyl groups is 2. The van der Waals surface area contributed by atoms with Crippen LogP contribution in [-0.4, -0.2) is 46.6 Å². The van der Waals surface area contributed by atoms with Crippen molar-refractivity contribution in [3.63, 3.8) is 0 Å². The molecule has 0 spiro atoms. The quantitative estimate of drug-likeness (QED) is 0.722. The summed E-state index contributed by atoms with van der Waals surface area (Å²) in [5.74, 6) is 2.01. The van der Waals surface area contributed by atoms with Crippen LogP contribution in [0, 0.1) is 5.92 Å². The Labute approximate surface area is 89.8 Å². The normalized spacial score (nSPS) is 29.8. The molecule has 0 bridgehead atoms. The van der Waals surface area contributed by atoms with Gasteiger partial charge in [0.05, 0.1) is 24.9 Å². The lowest BCUT2D eigenvalue weighted by molar-refractivity contribution is -0.00997. The third-order valence-corrected chi connectivity index (χ3v) is 3.60. The van der Waals surface area contributed by atoms with E-state index in [0.29, 0.717) is 13.0 Å². The van der Waals surface area contributed by atoms with Gasteiger partial charge in [-0.3, -0.25) is 0 Å². The average molecular weight is 220 g/mol. The maximum atomic E-state index is 9.63. The third kappa shape index (κ3) is 4.17. The van der Waals surface area contributed by atoms with Crippen LogP contribution in [0.3, 0.4) is 0 Å². The van der Waals surface area contributed by atoms with Crippen molar-refractivity contribution in [2.45, 2.75) is 38.6 Å². The lowest BCUT2D eigenvalue weighted by atomic mass is 9.99. The summed E-state index contributed by atoms with van der Waals surface area (Å²) in [5, 5.41) is 19.2. The molecule has 3 nitrogen and oxygen atoms in total. The minimum Gasteiger partial charge on any atom is -0.392 e. The molecule has 0 aliphatic carbocycles. The molecule has 1 rings (SSSR count). The van der Waals surface area contributed by atoms with E-state index in [4.69, 9.17) is 4.74 Å². The maximum absolute atomic E-state index is 9.63. The fourth-order valence-corrected chi connectivity index (χ4v) is 2.84. The Balaban J connectivity index is 2.16. The first-order chi connectivity index (χ1) is 6.59. The summed E-state index contributed by atoms with van der Waals surface area (Å²) in [6.07, 6.45) is 0.137. The lowest BCUT2D eigenvalue weighted by Gasteiger charge is -2.18. The molecule has 0 aromatic heterocycles. The molecule has 0 aromatic rings. The van der Waals surface area contributed by atoms with Gasteiger partial charge in [-0.1, -0.05) is 0 Å². The first-order valence-electron chi connectivity index (χ1n) is 5.15. The van der Waals surface area contributed by atoms with E-state index in [2.05, 4.69) is 0 Å². The number of rotatable bonds is 5. The van der Waals surface area contributed by atoms with Gasteiger partial charge >= 0.3 is 0 Å². The predicted molar refractivity (Wildman–Crippen MR) is 58.5 cm³/mol. The van der Waals surface area contributed by atoms with E-state index in [0.717, 1.165) is 11.5 Å². The highest BCUT2D eigenvalue weighted by Crippen LogP contribution is 2.27. The number of thioether (sulfide) groups is 1. The van der Waals surface area contributed by atoms with Gasteiger partial charge in [0.1, 0.15) is 0 Å². The molecule has 14 heavy (non-hydrogen) atoms.